The van der Waals surface area contributed by atoms with Gasteiger partial charge in [-0.05, 0) is 6.07 Å². The molecular weight excluding hydrogens is 234 g/mol. The van der Waals surface area contributed by atoms with Crippen molar-refractivity contribution >= 4 is 10.9 Å². The molecule has 0 aromatic carbocycles. The summed E-state index contributed by atoms with van der Waals surface area (Å²) < 4.78 is 12.3. The molecule has 2 aromatic rings. The van der Waals surface area contributed by atoms with E-state index in [1.165, 1.54) is 6.33 Å². The zero-order valence-electron chi connectivity index (χ0n) is 9.94. The van der Waals surface area contributed by atoms with Gasteiger partial charge in [-0.2, -0.15) is 0 Å². The molecule has 6 heteroatoms. The lowest BCUT2D eigenvalue weighted by Crippen LogP contribution is -2.32. The van der Waals surface area contributed by atoms with Crippen LogP contribution in [0.25, 0.3) is 10.9 Å². The summed E-state index contributed by atoms with van der Waals surface area (Å²) in [6.45, 7) is 0.971. The van der Waals surface area contributed by atoms with Crippen LogP contribution in [0.5, 0.6) is 0 Å². The molecule has 3 rings (SSSR count). The summed E-state index contributed by atoms with van der Waals surface area (Å²) in [4.78, 5) is 20.6. The highest BCUT2D eigenvalue weighted by atomic mass is 16.5. The molecule has 0 aliphatic carbocycles. The quantitative estimate of drug-likeness (QED) is 0.767. The second-order valence-corrected chi connectivity index (χ2v) is 4.23. The first-order valence-electron chi connectivity index (χ1n) is 5.72. The Morgan fingerprint density at radius 1 is 1.50 bits per heavy atom. The van der Waals surface area contributed by atoms with Gasteiger partial charge in [0.15, 0.2) is 0 Å². The van der Waals surface area contributed by atoms with Gasteiger partial charge in [0.2, 0.25) is 0 Å². The standard InChI is InChI=1S/C12H13N3O3/c1-17-11-6-18-5-10(11)15-7-14-9-4-13-3-2-8(9)12(15)16/h2-4,7,10-11H,5-6H2,1H3/t10-,11-/m0/s1. The van der Waals surface area contributed by atoms with Crippen molar-refractivity contribution < 1.29 is 9.47 Å². The van der Waals surface area contributed by atoms with Crippen molar-refractivity contribution in [1.82, 2.24) is 14.5 Å². The second-order valence-electron chi connectivity index (χ2n) is 4.23. The van der Waals surface area contributed by atoms with Gasteiger partial charge in [-0.25, -0.2) is 4.98 Å². The smallest absolute Gasteiger partial charge is 0.261 e. The van der Waals surface area contributed by atoms with Crippen molar-refractivity contribution in [3.63, 3.8) is 0 Å². The van der Waals surface area contributed by atoms with Crippen molar-refractivity contribution in [3.05, 3.63) is 35.1 Å². The van der Waals surface area contributed by atoms with Gasteiger partial charge in [-0.1, -0.05) is 0 Å². The molecule has 1 fully saturated rings. The van der Waals surface area contributed by atoms with E-state index in [1.807, 2.05) is 0 Å². The fourth-order valence-corrected chi connectivity index (χ4v) is 2.23. The van der Waals surface area contributed by atoms with E-state index in [2.05, 4.69) is 9.97 Å². The van der Waals surface area contributed by atoms with Crippen molar-refractivity contribution in [2.24, 2.45) is 0 Å². The maximum atomic E-state index is 12.4. The molecule has 0 N–H and O–H groups in total. The highest BCUT2D eigenvalue weighted by Crippen LogP contribution is 2.20. The summed E-state index contributed by atoms with van der Waals surface area (Å²) in [6, 6.07) is 1.56. The molecule has 6 nitrogen and oxygen atoms in total. The third kappa shape index (κ3) is 1.70. The summed E-state index contributed by atoms with van der Waals surface area (Å²) in [7, 11) is 1.62. The van der Waals surface area contributed by atoms with Gasteiger partial charge in [0.05, 0.1) is 42.7 Å². The van der Waals surface area contributed by atoms with Gasteiger partial charge in [0.1, 0.15) is 6.10 Å². The maximum absolute atomic E-state index is 12.4. The van der Waals surface area contributed by atoms with E-state index in [0.717, 1.165) is 0 Å². The number of ether oxygens (including phenoxy) is 2. The average Bonchev–Trinajstić information content (AvgIpc) is 2.88. The van der Waals surface area contributed by atoms with Gasteiger partial charge < -0.3 is 9.47 Å². The lowest BCUT2D eigenvalue weighted by molar-refractivity contribution is 0.0679. The number of hydrogen-bond acceptors (Lipinski definition) is 5. The Balaban J connectivity index is 2.13. The molecule has 0 saturated carbocycles. The first-order valence-corrected chi connectivity index (χ1v) is 5.72. The van der Waals surface area contributed by atoms with Crippen LogP contribution in [0, 0.1) is 0 Å². The summed E-state index contributed by atoms with van der Waals surface area (Å²) in [5.41, 5.74) is 0.520. The molecule has 94 valence electrons. The van der Waals surface area contributed by atoms with Gasteiger partial charge >= 0.3 is 0 Å². The zero-order valence-corrected chi connectivity index (χ0v) is 9.94. The normalized spacial score (nSPS) is 23.6. The van der Waals surface area contributed by atoms with Gasteiger partial charge in [0.25, 0.3) is 5.56 Å². The molecule has 1 aliphatic heterocycles. The Kier molecular flexibility index (Phi) is 2.81. The molecule has 2 aromatic heterocycles. The first kappa shape index (κ1) is 11.3. The van der Waals surface area contributed by atoms with Gasteiger partial charge in [-0.15, -0.1) is 0 Å². The van der Waals surface area contributed by atoms with E-state index in [0.29, 0.717) is 24.1 Å². The van der Waals surface area contributed by atoms with Crippen LogP contribution in [0.1, 0.15) is 6.04 Å². The molecule has 0 spiro atoms. The van der Waals surface area contributed by atoms with Crippen LogP contribution in [-0.2, 0) is 9.47 Å². The summed E-state index contributed by atoms with van der Waals surface area (Å²) in [5.74, 6) is 0. The Labute approximate surface area is 103 Å². The molecular formula is C12H13N3O3. The largest absolute Gasteiger partial charge is 0.377 e. The fourth-order valence-electron chi connectivity index (χ4n) is 2.23. The van der Waals surface area contributed by atoms with E-state index in [1.54, 1.807) is 30.1 Å². The Bertz CT molecular complexity index is 625. The SMILES string of the molecule is CO[C@H]1COC[C@@H]1n1cnc2cnccc2c1=O. The number of pyridine rings is 1. The third-order valence-corrected chi connectivity index (χ3v) is 3.25. The minimum Gasteiger partial charge on any atom is -0.377 e. The van der Waals surface area contributed by atoms with Crippen LogP contribution < -0.4 is 5.56 Å². The highest BCUT2D eigenvalue weighted by molar-refractivity contribution is 5.75. The van der Waals surface area contributed by atoms with Gasteiger partial charge in [-0.3, -0.25) is 14.3 Å². The second kappa shape index (κ2) is 4.47. The summed E-state index contributed by atoms with van der Waals surface area (Å²) in [6.07, 6.45) is 4.61. The van der Waals surface area contributed by atoms with E-state index in [4.69, 9.17) is 9.47 Å². The number of aromatic nitrogens is 3. The van der Waals surface area contributed by atoms with E-state index < -0.39 is 0 Å². The molecule has 2 atom stereocenters. The van der Waals surface area contributed by atoms with E-state index in [9.17, 15) is 4.79 Å². The minimum atomic E-state index is -0.118. The van der Waals surface area contributed by atoms with Crippen LogP contribution in [0.2, 0.25) is 0 Å². The summed E-state index contributed by atoms with van der Waals surface area (Å²) >= 11 is 0. The molecule has 0 bridgehead atoms. The lowest BCUT2D eigenvalue weighted by Gasteiger charge is -2.18. The molecule has 1 saturated heterocycles. The average molecular weight is 247 g/mol. The monoisotopic (exact) mass is 247 g/mol. The molecule has 0 amide bonds. The Hall–Kier alpha value is -1.79. The van der Waals surface area contributed by atoms with E-state index >= 15 is 0 Å². The predicted molar refractivity (Wildman–Crippen MR) is 64.5 cm³/mol. The predicted octanol–water partition coefficient (Wildman–Crippen LogP) is 0.378. The van der Waals surface area contributed by atoms with Crippen LogP contribution >= 0.6 is 0 Å². The fraction of sp³-hybridized carbons (Fsp3) is 0.417. The number of rotatable bonds is 2. The van der Waals surface area contributed by atoms with E-state index in [-0.39, 0.29) is 17.7 Å². The van der Waals surface area contributed by atoms with Crippen molar-refractivity contribution in [2.75, 3.05) is 20.3 Å². The molecule has 3 heterocycles. The molecule has 1 aliphatic rings. The van der Waals surface area contributed by atoms with Gasteiger partial charge in [0, 0.05) is 13.3 Å². The number of nitrogens with zero attached hydrogens (tertiary/aromatic N) is 3. The lowest BCUT2D eigenvalue weighted by atomic mass is 10.2. The number of fused-ring (bicyclic) bond motifs is 1. The first-order chi connectivity index (χ1) is 8.81. The Morgan fingerprint density at radius 2 is 2.39 bits per heavy atom. The molecule has 0 radical (unpaired) electrons. The minimum absolute atomic E-state index is 0.0834. The van der Waals surface area contributed by atoms with Crippen LogP contribution in [0.15, 0.2) is 29.6 Å². The van der Waals surface area contributed by atoms with Crippen LogP contribution in [0.4, 0.5) is 0 Å². The zero-order chi connectivity index (χ0) is 12.5. The summed E-state index contributed by atoms with van der Waals surface area (Å²) in [5, 5.41) is 0.564. The Morgan fingerprint density at radius 3 is 3.22 bits per heavy atom. The number of hydrogen-bond donors (Lipinski definition) is 0. The maximum Gasteiger partial charge on any atom is 0.261 e. The van der Waals surface area contributed by atoms with Crippen LogP contribution in [-0.4, -0.2) is 41.0 Å². The van der Waals surface area contributed by atoms with Crippen molar-refractivity contribution in [3.8, 4) is 0 Å². The van der Waals surface area contributed by atoms with Crippen molar-refractivity contribution in [1.29, 1.82) is 0 Å². The van der Waals surface area contributed by atoms with Crippen LogP contribution in [0.3, 0.4) is 0 Å². The van der Waals surface area contributed by atoms with Crippen molar-refractivity contribution in [2.45, 2.75) is 12.1 Å². The molecule has 18 heavy (non-hydrogen) atoms. The molecule has 0 unspecified atom stereocenters. The highest BCUT2D eigenvalue weighted by Gasteiger charge is 2.30. The number of methoxy groups -OCH3 is 1. The topological polar surface area (TPSA) is 66.2 Å². The third-order valence-electron chi connectivity index (χ3n) is 3.25.